The third-order valence-corrected chi connectivity index (χ3v) is 6.17. The van der Waals surface area contributed by atoms with Crippen LogP contribution in [0.5, 0.6) is 5.75 Å². The maximum Gasteiger partial charge on any atom is 0.266 e. The summed E-state index contributed by atoms with van der Waals surface area (Å²) >= 11 is 1.22. The molecule has 1 aromatic heterocycles. The molecule has 3 aromatic carbocycles. The van der Waals surface area contributed by atoms with E-state index >= 15 is 0 Å². The zero-order valence-corrected chi connectivity index (χ0v) is 19.6. The molecule has 1 heterocycles. The fraction of sp³-hybridized carbons (Fsp3) is 0.192. The van der Waals surface area contributed by atoms with Gasteiger partial charge in [-0.3, -0.25) is 14.2 Å². The van der Waals surface area contributed by atoms with Gasteiger partial charge in [-0.15, -0.1) is 0 Å². The van der Waals surface area contributed by atoms with Crippen LogP contribution in [0.25, 0.3) is 16.6 Å². The predicted octanol–water partition coefficient (Wildman–Crippen LogP) is 5.13. The van der Waals surface area contributed by atoms with E-state index < -0.39 is 0 Å². The fourth-order valence-corrected chi connectivity index (χ4v) is 4.46. The van der Waals surface area contributed by atoms with Crippen molar-refractivity contribution in [3.05, 3.63) is 88.2 Å². The van der Waals surface area contributed by atoms with Crippen molar-refractivity contribution in [1.29, 1.82) is 0 Å². The van der Waals surface area contributed by atoms with Crippen molar-refractivity contribution in [3.8, 4) is 11.4 Å². The topological polar surface area (TPSA) is 73.2 Å². The first kappa shape index (κ1) is 22.6. The Bertz CT molecular complexity index is 1360. The van der Waals surface area contributed by atoms with Gasteiger partial charge in [0, 0.05) is 5.69 Å². The van der Waals surface area contributed by atoms with Crippen molar-refractivity contribution in [2.75, 3.05) is 17.7 Å². The number of thioether (sulfide) groups is 1. The van der Waals surface area contributed by atoms with Crippen molar-refractivity contribution >= 4 is 34.3 Å². The van der Waals surface area contributed by atoms with Crippen LogP contribution >= 0.6 is 11.8 Å². The lowest BCUT2D eigenvalue weighted by Crippen LogP contribution is -2.23. The molecule has 0 atom stereocenters. The van der Waals surface area contributed by atoms with E-state index in [0.29, 0.717) is 34.1 Å². The fourth-order valence-electron chi connectivity index (χ4n) is 3.66. The van der Waals surface area contributed by atoms with E-state index in [1.807, 2.05) is 75.4 Å². The molecule has 1 N–H and O–H groups in total. The van der Waals surface area contributed by atoms with E-state index in [1.54, 1.807) is 12.1 Å². The number of benzene rings is 3. The molecule has 0 saturated heterocycles. The zero-order valence-electron chi connectivity index (χ0n) is 18.8. The Balaban J connectivity index is 1.72. The average molecular weight is 460 g/mol. The predicted molar refractivity (Wildman–Crippen MR) is 134 cm³/mol. The number of hydrogen-bond donors (Lipinski definition) is 1. The van der Waals surface area contributed by atoms with Crippen LogP contribution in [0.4, 0.5) is 5.69 Å². The van der Waals surface area contributed by atoms with E-state index in [4.69, 9.17) is 9.72 Å². The van der Waals surface area contributed by atoms with Crippen LogP contribution in [0.3, 0.4) is 0 Å². The summed E-state index contributed by atoms with van der Waals surface area (Å²) in [5.74, 6) is 0.528. The Hall–Kier alpha value is -3.58. The van der Waals surface area contributed by atoms with Crippen LogP contribution in [0.15, 0.2) is 76.7 Å². The highest BCUT2D eigenvalue weighted by atomic mass is 32.2. The average Bonchev–Trinajstić information content (AvgIpc) is 2.81. The standard InChI is InChI=1S/C26H25N3O3S/c1-4-32-22-15-8-7-14-21(22)29-25(31)19-12-5-6-13-20(19)27-26(29)33-16-23(30)28-24-17(2)10-9-11-18(24)3/h5-15H,4,16H2,1-3H3,(H,28,30). The Labute approximate surface area is 196 Å². The molecule has 1 amide bonds. The van der Waals surface area contributed by atoms with Gasteiger partial charge in [-0.05, 0) is 56.2 Å². The molecule has 4 rings (SSSR count). The second-order valence-corrected chi connectivity index (χ2v) is 8.50. The lowest BCUT2D eigenvalue weighted by molar-refractivity contribution is -0.113. The maximum atomic E-state index is 13.5. The molecule has 0 fully saturated rings. The second kappa shape index (κ2) is 9.92. The number of ether oxygens (including phenoxy) is 1. The van der Waals surface area contributed by atoms with Crippen LogP contribution in [0.2, 0.25) is 0 Å². The van der Waals surface area contributed by atoms with E-state index in [-0.39, 0.29) is 17.2 Å². The molecule has 33 heavy (non-hydrogen) atoms. The van der Waals surface area contributed by atoms with Crippen molar-refractivity contribution in [3.63, 3.8) is 0 Å². The van der Waals surface area contributed by atoms with E-state index in [9.17, 15) is 9.59 Å². The lowest BCUT2D eigenvalue weighted by Gasteiger charge is -2.16. The van der Waals surface area contributed by atoms with E-state index in [2.05, 4.69) is 5.32 Å². The minimum Gasteiger partial charge on any atom is -0.492 e. The molecule has 0 radical (unpaired) electrons. The summed E-state index contributed by atoms with van der Waals surface area (Å²) in [7, 11) is 0. The number of carbonyl (C=O) groups is 1. The number of aryl methyl sites for hydroxylation is 2. The molecular weight excluding hydrogens is 434 g/mol. The van der Waals surface area contributed by atoms with Crippen molar-refractivity contribution in [2.24, 2.45) is 0 Å². The molecule has 0 aliphatic carbocycles. The first-order chi connectivity index (χ1) is 16.0. The van der Waals surface area contributed by atoms with Crippen molar-refractivity contribution < 1.29 is 9.53 Å². The first-order valence-electron chi connectivity index (χ1n) is 10.7. The number of carbonyl (C=O) groups excluding carboxylic acids is 1. The molecule has 0 saturated carbocycles. The lowest BCUT2D eigenvalue weighted by atomic mass is 10.1. The molecule has 168 valence electrons. The summed E-state index contributed by atoms with van der Waals surface area (Å²) in [6, 6.07) is 20.5. The summed E-state index contributed by atoms with van der Waals surface area (Å²) < 4.78 is 7.30. The van der Waals surface area contributed by atoms with Crippen LogP contribution in [0, 0.1) is 13.8 Å². The van der Waals surface area contributed by atoms with Crippen LogP contribution < -0.4 is 15.6 Å². The number of nitrogens with one attached hydrogen (secondary N) is 1. The van der Waals surface area contributed by atoms with Gasteiger partial charge in [-0.25, -0.2) is 4.98 Å². The Morgan fingerprint density at radius 2 is 1.70 bits per heavy atom. The molecule has 0 spiro atoms. The summed E-state index contributed by atoms with van der Waals surface area (Å²) in [4.78, 5) is 31.0. The number of anilines is 1. The Kier molecular flexibility index (Phi) is 6.79. The number of amides is 1. The number of nitrogens with zero attached hydrogens (tertiary/aromatic N) is 2. The largest absolute Gasteiger partial charge is 0.492 e. The summed E-state index contributed by atoms with van der Waals surface area (Å²) in [5.41, 5.74) is 3.80. The summed E-state index contributed by atoms with van der Waals surface area (Å²) in [6.07, 6.45) is 0. The monoisotopic (exact) mass is 459 g/mol. The zero-order chi connectivity index (χ0) is 23.4. The molecule has 0 unspecified atom stereocenters. The molecule has 0 bridgehead atoms. The van der Waals surface area contributed by atoms with E-state index in [0.717, 1.165) is 16.8 Å². The molecule has 0 aliphatic rings. The number of hydrogen-bond acceptors (Lipinski definition) is 5. The molecular formula is C26H25N3O3S. The molecule has 6 nitrogen and oxygen atoms in total. The van der Waals surface area contributed by atoms with E-state index in [1.165, 1.54) is 16.3 Å². The van der Waals surface area contributed by atoms with Gasteiger partial charge in [0.05, 0.1) is 29.0 Å². The maximum absolute atomic E-state index is 13.5. The summed E-state index contributed by atoms with van der Waals surface area (Å²) in [5, 5.41) is 3.93. The highest BCUT2D eigenvalue weighted by Gasteiger charge is 2.18. The highest BCUT2D eigenvalue weighted by Crippen LogP contribution is 2.28. The normalized spacial score (nSPS) is 10.9. The number of aromatic nitrogens is 2. The van der Waals surface area contributed by atoms with Gasteiger partial charge in [-0.2, -0.15) is 0 Å². The first-order valence-corrected chi connectivity index (χ1v) is 11.7. The third-order valence-electron chi connectivity index (χ3n) is 5.23. The number of para-hydroxylation sites is 4. The van der Waals surface area contributed by atoms with Crippen LogP contribution in [0.1, 0.15) is 18.1 Å². The van der Waals surface area contributed by atoms with Crippen LogP contribution in [-0.4, -0.2) is 27.8 Å². The van der Waals surface area contributed by atoms with Crippen LogP contribution in [-0.2, 0) is 4.79 Å². The molecule has 0 aliphatic heterocycles. The van der Waals surface area contributed by atoms with Crippen molar-refractivity contribution in [1.82, 2.24) is 9.55 Å². The van der Waals surface area contributed by atoms with Gasteiger partial charge in [0.2, 0.25) is 5.91 Å². The molecule has 7 heteroatoms. The van der Waals surface area contributed by atoms with Gasteiger partial charge in [-0.1, -0.05) is 54.2 Å². The number of rotatable bonds is 7. The van der Waals surface area contributed by atoms with Gasteiger partial charge < -0.3 is 10.1 Å². The van der Waals surface area contributed by atoms with Gasteiger partial charge >= 0.3 is 0 Å². The SMILES string of the molecule is CCOc1ccccc1-n1c(SCC(=O)Nc2c(C)cccc2C)nc2ccccc2c1=O. The third kappa shape index (κ3) is 4.78. The van der Waals surface area contributed by atoms with Crippen molar-refractivity contribution in [2.45, 2.75) is 25.9 Å². The summed E-state index contributed by atoms with van der Waals surface area (Å²) in [6.45, 7) is 6.28. The second-order valence-electron chi connectivity index (χ2n) is 7.56. The van der Waals surface area contributed by atoms with Gasteiger partial charge in [0.1, 0.15) is 5.75 Å². The minimum absolute atomic E-state index is 0.107. The Morgan fingerprint density at radius 1 is 1.00 bits per heavy atom. The molecule has 4 aromatic rings. The smallest absolute Gasteiger partial charge is 0.266 e. The van der Waals surface area contributed by atoms with Gasteiger partial charge in [0.25, 0.3) is 5.56 Å². The minimum atomic E-state index is -0.203. The quantitative estimate of drug-likeness (QED) is 0.306. The highest BCUT2D eigenvalue weighted by molar-refractivity contribution is 7.99. The number of fused-ring (bicyclic) bond motifs is 1. The Morgan fingerprint density at radius 3 is 2.45 bits per heavy atom. The van der Waals surface area contributed by atoms with Gasteiger partial charge in [0.15, 0.2) is 5.16 Å².